The summed E-state index contributed by atoms with van der Waals surface area (Å²) in [6, 6.07) is 0. The van der Waals surface area contributed by atoms with Gasteiger partial charge in [0.1, 0.15) is 5.78 Å². The van der Waals surface area contributed by atoms with Gasteiger partial charge in [0, 0.05) is 5.75 Å². The van der Waals surface area contributed by atoms with E-state index in [-0.39, 0.29) is 11.7 Å². The lowest BCUT2D eigenvalue weighted by Crippen LogP contribution is -2.18. The number of hydrogen-bond donors (Lipinski definition) is 2. The number of rotatable bonds is 8. The zero-order valence-corrected chi connectivity index (χ0v) is 9.18. The number of Topliss-reactive ketones (excluding diaryl/α,β-unsaturated/α-hetero) is 1. The predicted octanol–water partition coefficient (Wildman–Crippen LogP) is 0.748. The summed E-state index contributed by atoms with van der Waals surface area (Å²) in [6.45, 7) is 2.02. The molecule has 0 fully saturated rings. The second kappa shape index (κ2) is 7.82. The van der Waals surface area contributed by atoms with Gasteiger partial charge in [-0.05, 0) is 26.3 Å². The highest BCUT2D eigenvalue weighted by Crippen LogP contribution is 2.14. The summed E-state index contributed by atoms with van der Waals surface area (Å²) in [5.74, 6) is -0.197. The van der Waals surface area contributed by atoms with Crippen LogP contribution in [0.5, 0.6) is 0 Å². The third-order valence-electron chi connectivity index (χ3n) is 1.73. The molecule has 0 rings (SSSR count). The number of aliphatic carboxylic acids is 1. The van der Waals surface area contributed by atoms with E-state index in [4.69, 9.17) is 10.8 Å². The minimum Gasteiger partial charge on any atom is -0.481 e. The van der Waals surface area contributed by atoms with Gasteiger partial charge in [0.05, 0.1) is 11.7 Å². The van der Waals surface area contributed by atoms with Crippen molar-refractivity contribution in [3.8, 4) is 0 Å². The van der Waals surface area contributed by atoms with Crippen molar-refractivity contribution in [1.29, 1.82) is 0 Å². The van der Waals surface area contributed by atoms with Crippen LogP contribution < -0.4 is 5.73 Å². The Bertz CT molecular complexity index is 196. The molecule has 0 bridgehead atoms. The average molecular weight is 219 g/mol. The van der Waals surface area contributed by atoms with Crippen molar-refractivity contribution in [3.63, 3.8) is 0 Å². The van der Waals surface area contributed by atoms with Gasteiger partial charge in [-0.15, -0.1) is 0 Å². The summed E-state index contributed by atoms with van der Waals surface area (Å²) in [7, 11) is 0. The molecule has 5 heteroatoms. The number of carboxylic acid groups (broad SMARTS) is 1. The quantitative estimate of drug-likeness (QED) is 0.629. The van der Waals surface area contributed by atoms with E-state index in [1.54, 1.807) is 0 Å². The van der Waals surface area contributed by atoms with Crippen LogP contribution in [0.4, 0.5) is 0 Å². The van der Waals surface area contributed by atoms with Crippen molar-refractivity contribution in [2.45, 2.75) is 19.8 Å². The second-order valence-corrected chi connectivity index (χ2v) is 4.21. The topological polar surface area (TPSA) is 80.4 Å². The van der Waals surface area contributed by atoms with Crippen LogP contribution >= 0.6 is 11.8 Å². The highest BCUT2D eigenvalue weighted by molar-refractivity contribution is 7.99. The minimum atomic E-state index is -0.797. The van der Waals surface area contributed by atoms with Crippen LogP contribution in [0, 0.1) is 5.92 Å². The Hall–Kier alpha value is -0.550. The van der Waals surface area contributed by atoms with E-state index in [1.165, 1.54) is 18.7 Å². The van der Waals surface area contributed by atoms with Crippen molar-refractivity contribution in [3.05, 3.63) is 0 Å². The number of thioether (sulfide) groups is 1. The standard InChI is InChI=1S/C9H17NO3S/c1-7(11)5-14-6-8(9(12)13)3-2-4-10/h8H,2-6,10H2,1H3,(H,12,13). The molecule has 0 aromatic heterocycles. The molecule has 3 N–H and O–H groups in total. The largest absolute Gasteiger partial charge is 0.481 e. The normalized spacial score (nSPS) is 12.4. The number of carbonyl (C=O) groups is 2. The molecule has 0 aliphatic carbocycles. The van der Waals surface area contributed by atoms with Gasteiger partial charge in [0.25, 0.3) is 0 Å². The fraction of sp³-hybridized carbons (Fsp3) is 0.778. The maximum absolute atomic E-state index is 10.7. The first kappa shape index (κ1) is 13.4. The number of carbonyl (C=O) groups excluding carboxylic acids is 1. The van der Waals surface area contributed by atoms with Gasteiger partial charge in [-0.2, -0.15) is 11.8 Å². The van der Waals surface area contributed by atoms with E-state index in [0.29, 0.717) is 24.5 Å². The molecular weight excluding hydrogens is 202 g/mol. The van der Waals surface area contributed by atoms with Gasteiger partial charge >= 0.3 is 5.97 Å². The lowest BCUT2D eigenvalue weighted by molar-refractivity contribution is -0.141. The van der Waals surface area contributed by atoms with Crippen LogP contribution in [-0.2, 0) is 9.59 Å². The zero-order chi connectivity index (χ0) is 11.0. The Balaban J connectivity index is 3.73. The summed E-state index contributed by atoms with van der Waals surface area (Å²) < 4.78 is 0. The third kappa shape index (κ3) is 6.91. The SMILES string of the molecule is CC(=O)CSCC(CCCN)C(=O)O. The van der Waals surface area contributed by atoms with E-state index >= 15 is 0 Å². The third-order valence-corrected chi connectivity index (χ3v) is 2.98. The van der Waals surface area contributed by atoms with Gasteiger partial charge in [0.2, 0.25) is 0 Å². The van der Waals surface area contributed by atoms with Gasteiger partial charge in [-0.1, -0.05) is 0 Å². The minimum absolute atomic E-state index is 0.0814. The van der Waals surface area contributed by atoms with Crippen molar-refractivity contribution >= 4 is 23.5 Å². The Labute approximate surface area is 88.2 Å². The summed E-state index contributed by atoms with van der Waals surface area (Å²) in [5, 5.41) is 8.83. The van der Waals surface area contributed by atoms with Gasteiger partial charge in [-0.25, -0.2) is 0 Å². The molecule has 0 heterocycles. The molecule has 82 valence electrons. The maximum atomic E-state index is 10.7. The first-order chi connectivity index (χ1) is 6.57. The van der Waals surface area contributed by atoms with Crippen molar-refractivity contribution in [1.82, 2.24) is 0 Å². The number of ketones is 1. The zero-order valence-electron chi connectivity index (χ0n) is 8.36. The lowest BCUT2D eigenvalue weighted by atomic mass is 10.1. The molecular formula is C9H17NO3S. The fourth-order valence-electron chi connectivity index (χ4n) is 0.987. The van der Waals surface area contributed by atoms with E-state index in [9.17, 15) is 9.59 Å². The van der Waals surface area contributed by atoms with Crippen LogP contribution in [0.15, 0.2) is 0 Å². The number of hydrogen-bond acceptors (Lipinski definition) is 4. The molecule has 0 aliphatic heterocycles. The van der Waals surface area contributed by atoms with Crippen LogP contribution in [-0.4, -0.2) is 34.9 Å². The molecule has 0 radical (unpaired) electrons. The van der Waals surface area contributed by atoms with E-state index < -0.39 is 5.97 Å². The average Bonchev–Trinajstić information content (AvgIpc) is 2.09. The Morgan fingerprint density at radius 3 is 2.57 bits per heavy atom. The second-order valence-electron chi connectivity index (χ2n) is 3.18. The Morgan fingerprint density at radius 2 is 2.14 bits per heavy atom. The monoisotopic (exact) mass is 219 g/mol. The van der Waals surface area contributed by atoms with E-state index in [2.05, 4.69) is 0 Å². The van der Waals surface area contributed by atoms with E-state index in [0.717, 1.165) is 6.42 Å². The first-order valence-electron chi connectivity index (χ1n) is 4.58. The number of carboxylic acids is 1. The van der Waals surface area contributed by atoms with Crippen molar-refractivity contribution in [2.75, 3.05) is 18.1 Å². The fourth-order valence-corrected chi connectivity index (χ4v) is 1.99. The summed E-state index contributed by atoms with van der Waals surface area (Å²) in [6.07, 6.45) is 1.31. The summed E-state index contributed by atoms with van der Waals surface area (Å²) >= 11 is 1.38. The molecule has 0 aromatic rings. The van der Waals surface area contributed by atoms with Gasteiger partial charge in [-0.3, -0.25) is 9.59 Å². The summed E-state index contributed by atoms with van der Waals surface area (Å²) in [4.78, 5) is 21.4. The molecule has 14 heavy (non-hydrogen) atoms. The smallest absolute Gasteiger partial charge is 0.307 e. The van der Waals surface area contributed by atoms with Crippen LogP contribution in [0.2, 0.25) is 0 Å². The molecule has 0 amide bonds. The first-order valence-corrected chi connectivity index (χ1v) is 5.73. The van der Waals surface area contributed by atoms with Crippen LogP contribution in [0.25, 0.3) is 0 Å². The highest BCUT2D eigenvalue weighted by atomic mass is 32.2. The molecule has 1 atom stereocenters. The predicted molar refractivity (Wildman–Crippen MR) is 57.4 cm³/mol. The number of nitrogens with two attached hydrogens (primary N) is 1. The molecule has 0 aliphatic rings. The Kier molecular flexibility index (Phi) is 7.51. The van der Waals surface area contributed by atoms with Crippen LogP contribution in [0.3, 0.4) is 0 Å². The Morgan fingerprint density at radius 1 is 1.50 bits per heavy atom. The molecule has 1 unspecified atom stereocenters. The molecule has 0 saturated heterocycles. The molecule has 0 aromatic carbocycles. The molecule has 0 spiro atoms. The molecule has 0 saturated carbocycles. The van der Waals surface area contributed by atoms with Crippen molar-refractivity contribution in [2.24, 2.45) is 11.7 Å². The van der Waals surface area contributed by atoms with Gasteiger partial charge < -0.3 is 10.8 Å². The molecule has 4 nitrogen and oxygen atoms in total. The highest BCUT2D eigenvalue weighted by Gasteiger charge is 2.16. The van der Waals surface area contributed by atoms with Crippen molar-refractivity contribution < 1.29 is 14.7 Å². The maximum Gasteiger partial charge on any atom is 0.307 e. The summed E-state index contributed by atoms with van der Waals surface area (Å²) in [5.41, 5.74) is 5.30. The van der Waals surface area contributed by atoms with E-state index in [1.807, 2.05) is 0 Å². The lowest BCUT2D eigenvalue weighted by Gasteiger charge is -2.10. The van der Waals surface area contributed by atoms with Crippen LogP contribution in [0.1, 0.15) is 19.8 Å². The van der Waals surface area contributed by atoms with Gasteiger partial charge in [0.15, 0.2) is 0 Å².